The monoisotopic (exact) mass is 492 g/mol. The molecule has 0 unspecified atom stereocenters. The zero-order valence-corrected chi connectivity index (χ0v) is 19.6. The first-order valence-corrected chi connectivity index (χ1v) is 11.6. The maximum atomic E-state index is 10.5. The van der Waals surface area contributed by atoms with E-state index in [-0.39, 0.29) is 24.7 Å². The third-order valence-electron chi connectivity index (χ3n) is 6.56. The second kappa shape index (κ2) is 10.6. The number of phenolic OH excluding ortho intramolecular Hbond substituents is 1. The maximum Gasteiger partial charge on any atom is 0.229 e. The number of phenols is 1. The summed E-state index contributed by atoms with van der Waals surface area (Å²) in [5.74, 6) is 0.377. The molecule has 0 bridgehead atoms. The summed E-state index contributed by atoms with van der Waals surface area (Å²) in [6.07, 6.45) is -5.60. The van der Waals surface area contributed by atoms with Gasteiger partial charge in [-0.15, -0.1) is 0 Å². The molecule has 2 aromatic carbocycles. The fourth-order valence-corrected chi connectivity index (χ4v) is 4.59. The smallest absolute Gasteiger partial charge is 0.229 e. The maximum absolute atomic E-state index is 10.5. The Labute approximate surface area is 202 Å². The van der Waals surface area contributed by atoms with Gasteiger partial charge in [-0.25, -0.2) is 0 Å². The van der Waals surface area contributed by atoms with Crippen LogP contribution < -0.4 is 14.2 Å². The molecule has 2 heterocycles. The molecule has 0 saturated carbocycles. The number of benzene rings is 2. The lowest BCUT2D eigenvalue weighted by atomic mass is 9.90. The van der Waals surface area contributed by atoms with E-state index in [9.17, 15) is 25.5 Å². The molecule has 0 aliphatic carbocycles. The van der Waals surface area contributed by atoms with Crippen LogP contribution in [0, 0.1) is 0 Å². The van der Waals surface area contributed by atoms with Gasteiger partial charge in [0.1, 0.15) is 24.4 Å². The van der Waals surface area contributed by atoms with E-state index in [4.69, 9.17) is 24.1 Å². The molecule has 7 atom stereocenters. The van der Waals surface area contributed by atoms with Crippen LogP contribution in [0.15, 0.2) is 30.3 Å². The Kier molecular flexibility index (Phi) is 7.70. The number of methoxy groups -OCH3 is 1. The summed E-state index contributed by atoms with van der Waals surface area (Å²) in [6, 6.07) is 8.46. The predicted octanol–water partition coefficient (Wildman–Crippen LogP) is 0.742. The number of fused-ring (bicyclic) bond motifs is 1. The molecule has 10 nitrogen and oxygen atoms in total. The fraction of sp³-hybridized carbons (Fsp3) is 0.520. The molecule has 2 aliphatic heterocycles. The van der Waals surface area contributed by atoms with Gasteiger partial charge in [0.05, 0.1) is 25.7 Å². The molecule has 0 spiro atoms. The van der Waals surface area contributed by atoms with Crippen molar-refractivity contribution >= 4 is 0 Å². The van der Waals surface area contributed by atoms with E-state index in [0.29, 0.717) is 35.5 Å². The van der Waals surface area contributed by atoms with Crippen molar-refractivity contribution in [1.29, 1.82) is 0 Å². The summed E-state index contributed by atoms with van der Waals surface area (Å²) in [6.45, 7) is 1.38. The van der Waals surface area contributed by atoms with Gasteiger partial charge in [0.2, 0.25) is 6.29 Å². The Bertz CT molecular complexity index is 1030. The van der Waals surface area contributed by atoms with Crippen molar-refractivity contribution in [3.05, 3.63) is 47.0 Å². The number of aliphatic hydroxyl groups is 5. The number of rotatable bonds is 8. The van der Waals surface area contributed by atoms with Crippen LogP contribution in [-0.4, -0.2) is 81.7 Å². The summed E-state index contributed by atoms with van der Waals surface area (Å²) < 4.78 is 22.8. The van der Waals surface area contributed by atoms with Crippen molar-refractivity contribution in [2.75, 3.05) is 20.3 Å². The Hall–Kier alpha value is -2.60. The van der Waals surface area contributed by atoms with E-state index in [2.05, 4.69) is 0 Å². The van der Waals surface area contributed by atoms with Gasteiger partial charge in [-0.05, 0) is 49.1 Å². The fourth-order valence-electron chi connectivity index (χ4n) is 4.59. The van der Waals surface area contributed by atoms with Gasteiger partial charge in [-0.3, -0.25) is 0 Å². The minimum atomic E-state index is -1.47. The lowest BCUT2D eigenvalue weighted by Crippen LogP contribution is -2.58. The van der Waals surface area contributed by atoms with Crippen LogP contribution >= 0.6 is 0 Å². The highest BCUT2D eigenvalue weighted by Gasteiger charge is 2.43. The zero-order chi connectivity index (χ0) is 25.3. The second-order valence-electron chi connectivity index (χ2n) is 8.90. The Morgan fingerprint density at radius 1 is 0.971 bits per heavy atom. The summed E-state index contributed by atoms with van der Waals surface area (Å²) in [7, 11) is 1.44. The summed E-state index contributed by atoms with van der Waals surface area (Å²) >= 11 is 0. The van der Waals surface area contributed by atoms with E-state index in [0.717, 1.165) is 5.56 Å². The number of aryl methyl sites for hydroxylation is 1. The third kappa shape index (κ3) is 4.90. The molecule has 1 fully saturated rings. The van der Waals surface area contributed by atoms with Crippen molar-refractivity contribution in [2.24, 2.45) is 0 Å². The summed E-state index contributed by atoms with van der Waals surface area (Å²) in [5, 5.41) is 60.0. The first-order valence-electron chi connectivity index (χ1n) is 11.6. The highest BCUT2D eigenvalue weighted by molar-refractivity contribution is 5.55. The van der Waals surface area contributed by atoms with Crippen molar-refractivity contribution < 1.29 is 49.6 Å². The van der Waals surface area contributed by atoms with Crippen molar-refractivity contribution in [1.82, 2.24) is 0 Å². The van der Waals surface area contributed by atoms with E-state index in [1.165, 1.54) is 7.11 Å². The van der Waals surface area contributed by atoms with Gasteiger partial charge in [-0.1, -0.05) is 12.1 Å². The van der Waals surface area contributed by atoms with Crippen LogP contribution in [-0.2, 0) is 11.2 Å². The molecule has 6 N–H and O–H groups in total. The summed E-state index contributed by atoms with van der Waals surface area (Å²) in [4.78, 5) is 0. The van der Waals surface area contributed by atoms with Crippen molar-refractivity contribution in [3.8, 4) is 23.0 Å². The lowest BCUT2D eigenvalue weighted by molar-refractivity contribution is -0.268. The van der Waals surface area contributed by atoms with E-state index < -0.39 is 42.7 Å². The molecule has 2 aromatic rings. The molecular formula is C25H32O10. The Morgan fingerprint density at radius 3 is 2.43 bits per heavy atom. The highest BCUT2D eigenvalue weighted by atomic mass is 16.7. The first kappa shape index (κ1) is 25.5. The van der Waals surface area contributed by atoms with E-state index in [1.54, 1.807) is 31.2 Å². The number of ether oxygens (including phenoxy) is 4. The predicted molar refractivity (Wildman–Crippen MR) is 123 cm³/mol. The average molecular weight is 493 g/mol. The van der Waals surface area contributed by atoms with Gasteiger partial charge in [0, 0.05) is 12.2 Å². The Balaban J connectivity index is 1.58. The molecule has 10 heteroatoms. The quantitative estimate of drug-likeness (QED) is 0.310. The van der Waals surface area contributed by atoms with Gasteiger partial charge >= 0.3 is 0 Å². The largest absolute Gasteiger partial charge is 0.504 e. The van der Waals surface area contributed by atoms with Crippen LogP contribution in [0.4, 0.5) is 0 Å². The normalized spacial score (nSPS) is 30.0. The van der Waals surface area contributed by atoms with Crippen LogP contribution in [0.2, 0.25) is 0 Å². The Morgan fingerprint density at radius 2 is 1.74 bits per heavy atom. The third-order valence-corrected chi connectivity index (χ3v) is 6.56. The second-order valence-corrected chi connectivity index (χ2v) is 8.90. The molecule has 192 valence electrons. The number of hydrogen-bond donors (Lipinski definition) is 6. The van der Waals surface area contributed by atoms with Crippen LogP contribution in [0.1, 0.15) is 42.1 Å². The minimum Gasteiger partial charge on any atom is -0.504 e. The van der Waals surface area contributed by atoms with Crippen molar-refractivity contribution in [3.63, 3.8) is 0 Å². The van der Waals surface area contributed by atoms with Crippen molar-refractivity contribution in [2.45, 2.75) is 62.5 Å². The van der Waals surface area contributed by atoms with Gasteiger partial charge < -0.3 is 49.6 Å². The van der Waals surface area contributed by atoms with Crippen LogP contribution in [0.5, 0.6) is 23.0 Å². The number of aliphatic hydroxyl groups excluding tert-OH is 5. The highest BCUT2D eigenvalue weighted by Crippen LogP contribution is 2.51. The topological polar surface area (TPSA) is 158 Å². The summed E-state index contributed by atoms with van der Waals surface area (Å²) in [5.41, 5.74) is 2.19. The molecule has 2 aliphatic rings. The van der Waals surface area contributed by atoms with Gasteiger partial charge in [0.15, 0.2) is 23.0 Å². The first-order chi connectivity index (χ1) is 16.8. The molecule has 35 heavy (non-hydrogen) atoms. The van der Waals surface area contributed by atoms with Crippen LogP contribution in [0.3, 0.4) is 0 Å². The van der Waals surface area contributed by atoms with E-state index >= 15 is 0 Å². The molecule has 0 radical (unpaired) electrons. The number of aromatic hydroxyl groups is 1. The average Bonchev–Trinajstić information content (AvgIpc) is 3.24. The number of hydrogen-bond acceptors (Lipinski definition) is 10. The standard InChI is InChI=1S/C25H32O10/c1-12-20(29)21(30)22(31)25(33-12)34-18-6-5-14(10-19(18)32-2)23-16(11-27)15-8-13(4-3-7-26)9-17(28)24(15)35-23/h5-6,8-10,12,16,20-23,25-31H,3-4,7,11H2,1-2H3/t12-,16-,20+,21-,22-,23+,25+/m0/s1. The molecular weight excluding hydrogens is 460 g/mol. The molecule has 1 saturated heterocycles. The minimum absolute atomic E-state index is 0.0263. The van der Waals surface area contributed by atoms with Crippen LogP contribution in [0.25, 0.3) is 0 Å². The van der Waals surface area contributed by atoms with E-state index in [1.807, 2.05) is 6.07 Å². The zero-order valence-electron chi connectivity index (χ0n) is 19.6. The molecule has 0 amide bonds. The molecule has 4 rings (SSSR count). The lowest BCUT2D eigenvalue weighted by Gasteiger charge is -2.39. The van der Waals surface area contributed by atoms with Gasteiger partial charge in [0.25, 0.3) is 0 Å². The SMILES string of the molecule is COc1cc([C@H]2Oc3c(O)cc(CCCO)cc3[C@@H]2CO)ccc1O[C@H]1O[C@@H](C)[C@@H](O)[C@H](O)[C@@H]1O. The molecule has 0 aromatic heterocycles. The van der Waals surface area contributed by atoms with Gasteiger partial charge in [-0.2, -0.15) is 0 Å².